The number of aryl methyl sites for hydroxylation is 2. The van der Waals surface area contributed by atoms with Gasteiger partial charge in [0.15, 0.2) is 0 Å². The van der Waals surface area contributed by atoms with Crippen molar-refractivity contribution in [3.63, 3.8) is 0 Å². The number of phenols is 1. The summed E-state index contributed by atoms with van der Waals surface area (Å²) in [4.78, 5) is 12.3. The smallest absolute Gasteiger partial charge is 0.267 e. The number of rotatable bonds is 4. The highest BCUT2D eigenvalue weighted by molar-refractivity contribution is 6.07. The van der Waals surface area contributed by atoms with Crippen LogP contribution in [0.5, 0.6) is 5.75 Å². The van der Waals surface area contributed by atoms with Crippen LogP contribution < -0.4 is 10.6 Å². The number of amides is 1. The molecular weight excluding hydrogens is 302 g/mol. The third kappa shape index (κ3) is 3.93. The van der Waals surface area contributed by atoms with Crippen molar-refractivity contribution >= 4 is 17.3 Å². The van der Waals surface area contributed by atoms with E-state index in [1.165, 1.54) is 12.3 Å². The number of anilines is 2. The standard InChI is InChI=1S/C19H19N3O2/c1-12-5-4-6-18(14(12)3)22-19(24)15(10-20)11-21-17-8-7-16(23)9-13(17)2/h4-9,11,21,23H,1-3H3,(H,22,24)/b15-11-. The van der Waals surface area contributed by atoms with Gasteiger partial charge in [-0.25, -0.2) is 0 Å². The number of nitriles is 1. The van der Waals surface area contributed by atoms with E-state index in [1.807, 2.05) is 39.0 Å². The van der Waals surface area contributed by atoms with Gasteiger partial charge in [-0.3, -0.25) is 4.79 Å². The third-order valence-corrected chi connectivity index (χ3v) is 3.80. The van der Waals surface area contributed by atoms with Gasteiger partial charge in [-0.05, 0) is 61.7 Å². The zero-order valence-electron chi connectivity index (χ0n) is 13.8. The van der Waals surface area contributed by atoms with E-state index in [2.05, 4.69) is 10.6 Å². The molecule has 0 aliphatic heterocycles. The van der Waals surface area contributed by atoms with Crippen LogP contribution in [0.4, 0.5) is 11.4 Å². The van der Waals surface area contributed by atoms with Gasteiger partial charge in [-0.1, -0.05) is 12.1 Å². The Morgan fingerprint density at radius 3 is 2.54 bits per heavy atom. The first-order valence-electron chi connectivity index (χ1n) is 7.46. The van der Waals surface area contributed by atoms with Gasteiger partial charge in [0.1, 0.15) is 17.4 Å². The maximum Gasteiger partial charge on any atom is 0.267 e. The molecule has 3 N–H and O–H groups in total. The second kappa shape index (κ2) is 7.34. The fourth-order valence-corrected chi connectivity index (χ4v) is 2.18. The van der Waals surface area contributed by atoms with E-state index >= 15 is 0 Å². The Morgan fingerprint density at radius 1 is 1.12 bits per heavy atom. The predicted octanol–water partition coefficient (Wildman–Crippen LogP) is 3.78. The summed E-state index contributed by atoms with van der Waals surface area (Å²) in [6.07, 6.45) is 1.36. The number of hydrogen-bond donors (Lipinski definition) is 3. The molecule has 5 heteroatoms. The SMILES string of the molecule is Cc1cc(O)ccc1N/C=C(/C#N)C(=O)Nc1cccc(C)c1C. The summed E-state index contributed by atoms with van der Waals surface area (Å²) in [6.45, 7) is 5.69. The number of benzene rings is 2. The van der Waals surface area contributed by atoms with Crippen LogP contribution in [0.1, 0.15) is 16.7 Å². The quantitative estimate of drug-likeness (QED) is 0.454. The van der Waals surface area contributed by atoms with Gasteiger partial charge in [0.05, 0.1) is 0 Å². The molecule has 2 aromatic carbocycles. The second-order valence-corrected chi connectivity index (χ2v) is 5.51. The minimum atomic E-state index is -0.477. The summed E-state index contributed by atoms with van der Waals surface area (Å²) in [5.41, 5.74) is 4.18. The zero-order valence-corrected chi connectivity index (χ0v) is 13.8. The van der Waals surface area contributed by atoms with E-state index in [1.54, 1.807) is 18.2 Å². The summed E-state index contributed by atoms with van der Waals surface area (Å²) in [6, 6.07) is 12.3. The lowest BCUT2D eigenvalue weighted by molar-refractivity contribution is -0.112. The first-order valence-corrected chi connectivity index (χ1v) is 7.46. The molecule has 0 heterocycles. The monoisotopic (exact) mass is 321 g/mol. The molecular formula is C19H19N3O2. The maximum absolute atomic E-state index is 12.3. The molecule has 1 amide bonds. The van der Waals surface area contributed by atoms with E-state index in [-0.39, 0.29) is 11.3 Å². The van der Waals surface area contributed by atoms with Crippen molar-refractivity contribution in [1.82, 2.24) is 0 Å². The van der Waals surface area contributed by atoms with Crippen LogP contribution in [0, 0.1) is 32.1 Å². The molecule has 24 heavy (non-hydrogen) atoms. The Hall–Kier alpha value is -3.26. The summed E-state index contributed by atoms with van der Waals surface area (Å²) >= 11 is 0. The number of phenolic OH excluding ortho intramolecular Hbond substituents is 1. The minimum Gasteiger partial charge on any atom is -0.508 e. The summed E-state index contributed by atoms with van der Waals surface area (Å²) < 4.78 is 0. The molecule has 0 bridgehead atoms. The van der Waals surface area contributed by atoms with Gasteiger partial charge in [0.2, 0.25) is 0 Å². The van der Waals surface area contributed by atoms with Gasteiger partial charge >= 0.3 is 0 Å². The normalized spacial score (nSPS) is 10.8. The van der Waals surface area contributed by atoms with Crippen LogP contribution in [-0.2, 0) is 4.79 Å². The topological polar surface area (TPSA) is 85.2 Å². The highest BCUT2D eigenvalue weighted by Gasteiger charge is 2.11. The van der Waals surface area contributed by atoms with Gasteiger partial charge in [0.25, 0.3) is 5.91 Å². The lowest BCUT2D eigenvalue weighted by Crippen LogP contribution is -2.15. The molecule has 5 nitrogen and oxygen atoms in total. The molecule has 0 fully saturated rings. The second-order valence-electron chi connectivity index (χ2n) is 5.51. The van der Waals surface area contributed by atoms with Gasteiger partial charge in [0, 0.05) is 17.6 Å². The van der Waals surface area contributed by atoms with Crippen molar-refractivity contribution in [2.45, 2.75) is 20.8 Å². The van der Waals surface area contributed by atoms with Crippen LogP contribution >= 0.6 is 0 Å². The molecule has 122 valence electrons. The van der Waals surface area contributed by atoms with Crippen LogP contribution in [0.15, 0.2) is 48.2 Å². The van der Waals surface area contributed by atoms with Crippen molar-refractivity contribution in [3.8, 4) is 11.8 Å². The number of nitrogens with one attached hydrogen (secondary N) is 2. The fourth-order valence-electron chi connectivity index (χ4n) is 2.18. The Bertz CT molecular complexity index is 848. The van der Waals surface area contributed by atoms with E-state index in [9.17, 15) is 15.2 Å². The van der Waals surface area contributed by atoms with E-state index in [0.29, 0.717) is 11.4 Å². The van der Waals surface area contributed by atoms with Gasteiger partial charge < -0.3 is 15.7 Å². The lowest BCUT2D eigenvalue weighted by atomic mass is 10.1. The molecule has 2 aromatic rings. The van der Waals surface area contributed by atoms with Crippen LogP contribution in [0.25, 0.3) is 0 Å². The number of carbonyl (C=O) groups is 1. The molecule has 0 spiro atoms. The summed E-state index contributed by atoms with van der Waals surface area (Å²) in [5, 5.41) is 24.3. The Labute approximate surface area is 141 Å². The molecule has 0 radical (unpaired) electrons. The van der Waals surface area contributed by atoms with Crippen molar-refractivity contribution in [3.05, 3.63) is 64.9 Å². The molecule has 0 aliphatic carbocycles. The summed E-state index contributed by atoms with van der Waals surface area (Å²) in [5.74, 6) is -0.315. The van der Waals surface area contributed by atoms with Crippen LogP contribution in [0.2, 0.25) is 0 Å². The number of hydrogen-bond acceptors (Lipinski definition) is 4. The maximum atomic E-state index is 12.3. The largest absolute Gasteiger partial charge is 0.508 e. The molecule has 0 aromatic heterocycles. The average molecular weight is 321 g/mol. The van der Waals surface area contributed by atoms with E-state index in [0.717, 1.165) is 16.7 Å². The van der Waals surface area contributed by atoms with Crippen LogP contribution in [0.3, 0.4) is 0 Å². The fraction of sp³-hybridized carbons (Fsp3) is 0.158. The highest BCUT2D eigenvalue weighted by Crippen LogP contribution is 2.21. The molecule has 0 atom stereocenters. The summed E-state index contributed by atoms with van der Waals surface area (Å²) in [7, 11) is 0. The Kier molecular flexibility index (Phi) is 5.23. The molecule has 2 rings (SSSR count). The van der Waals surface area contributed by atoms with Gasteiger partial charge in [-0.15, -0.1) is 0 Å². The predicted molar refractivity (Wildman–Crippen MR) is 94.7 cm³/mol. The minimum absolute atomic E-state index is 0.0385. The Balaban J connectivity index is 2.17. The highest BCUT2D eigenvalue weighted by atomic mass is 16.3. The number of aromatic hydroxyl groups is 1. The lowest BCUT2D eigenvalue weighted by Gasteiger charge is -2.10. The first-order chi connectivity index (χ1) is 11.4. The molecule has 0 unspecified atom stereocenters. The number of nitrogens with zero attached hydrogens (tertiary/aromatic N) is 1. The zero-order chi connectivity index (χ0) is 17.7. The van der Waals surface area contributed by atoms with Crippen molar-refractivity contribution in [1.29, 1.82) is 5.26 Å². The molecule has 0 saturated heterocycles. The van der Waals surface area contributed by atoms with Gasteiger partial charge in [-0.2, -0.15) is 5.26 Å². The molecule has 0 saturated carbocycles. The molecule has 0 aliphatic rings. The van der Waals surface area contributed by atoms with E-state index < -0.39 is 5.91 Å². The van der Waals surface area contributed by atoms with Crippen molar-refractivity contribution < 1.29 is 9.90 Å². The van der Waals surface area contributed by atoms with Crippen molar-refractivity contribution in [2.24, 2.45) is 0 Å². The average Bonchev–Trinajstić information content (AvgIpc) is 2.54. The number of carbonyl (C=O) groups excluding carboxylic acids is 1. The first kappa shape index (κ1) is 17.1. The van der Waals surface area contributed by atoms with E-state index in [4.69, 9.17) is 0 Å². The van der Waals surface area contributed by atoms with Crippen LogP contribution in [-0.4, -0.2) is 11.0 Å². The third-order valence-electron chi connectivity index (χ3n) is 3.80. The Morgan fingerprint density at radius 2 is 1.88 bits per heavy atom. The van der Waals surface area contributed by atoms with Crippen molar-refractivity contribution in [2.75, 3.05) is 10.6 Å².